The molecule has 190 valence electrons. The average Bonchev–Trinajstić information content (AvgIpc) is 2.79. The number of thiol groups is 1. The molecule has 0 aliphatic carbocycles. The fraction of sp³-hybridized carbons (Fsp3) is 0.565. The molecule has 1 aromatic rings. The molecule has 10 nitrogen and oxygen atoms in total. The number of phenols is 1. The standard InChI is InChI=1S/C23H36N4O6S/c1-5-13(4)19(23(32)33)27-22(31)18(12(2)3)26-21(30)17(11-34)25-20(29)16(24)10-14-6-8-15(28)9-7-14/h6-9,12-13,16-19,28,34H,5,10-11,24H2,1-4H3,(H,25,29)(H,26,30)(H,27,31)(H,32,33). The van der Waals surface area contributed by atoms with Gasteiger partial charge >= 0.3 is 5.97 Å². The Kier molecular flexibility index (Phi) is 11.9. The highest BCUT2D eigenvalue weighted by molar-refractivity contribution is 7.80. The van der Waals surface area contributed by atoms with E-state index >= 15 is 0 Å². The maximum absolute atomic E-state index is 12.8. The number of nitrogens with two attached hydrogens (primary N) is 1. The molecule has 0 aliphatic heterocycles. The van der Waals surface area contributed by atoms with E-state index in [1.807, 2.05) is 6.92 Å². The van der Waals surface area contributed by atoms with E-state index in [9.17, 15) is 29.4 Å². The van der Waals surface area contributed by atoms with Gasteiger partial charge in [-0.1, -0.05) is 46.2 Å². The van der Waals surface area contributed by atoms with E-state index in [0.29, 0.717) is 6.42 Å². The number of hydrogen-bond donors (Lipinski definition) is 7. The summed E-state index contributed by atoms with van der Waals surface area (Å²) >= 11 is 4.13. The molecule has 0 spiro atoms. The molecular weight excluding hydrogens is 460 g/mol. The van der Waals surface area contributed by atoms with E-state index in [-0.39, 0.29) is 29.8 Å². The predicted octanol–water partition coefficient (Wildman–Crippen LogP) is 0.433. The van der Waals surface area contributed by atoms with Crippen molar-refractivity contribution in [3.05, 3.63) is 29.8 Å². The SMILES string of the molecule is CCC(C)C(NC(=O)C(NC(=O)C(CS)NC(=O)C(N)Cc1ccc(O)cc1)C(C)C)C(=O)O. The molecule has 1 rings (SSSR count). The third-order valence-electron chi connectivity index (χ3n) is 5.57. The molecule has 34 heavy (non-hydrogen) atoms. The van der Waals surface area contributed by atoms with Crippen molar-refractivity contribution >= 4 is 36.3 Å². The van der Waals surface area contributed by atoms with Crippen LogP contribution in [0.2, 0.25) is 0 Å². The Morgan fingerprint density at radius 2 is 1.50 bits per heavy atom. The van der Waals surface area contributed by atoms with Crippen molar-refractivity contribution in [1.29, 1.82) is 0 Å². The highest BCUT2D eigenvalue weighted by Crippen LogP contribution is 2.12. The van der Waals surface area contributed by atoms with E-state index in [0.717, 1.165) is 5.56 Å². The minimum atomic E-state index is -1.15. The number of benzene rings is 1. The molecule has 7 N–H and O–H groups in total. The van der Waals surface area contributed by atoms with Gasteiger partial charge in [-0.05, 0) is 36.0 Å². The molecule has 0 radical (unpaired) electrons. The maximum atomic E-state index is 12.8. The zero-order chi connectivity index (χ0) is 26.0. The topological polar surface area (TPSA) is 171 Å². The van der Waals surface area contributed by atoms with Crippen molar-refractivity contribution in [2.45, 2.75) is 64.7 Å². The average molecular weight is 497 g/mol. The number of carbonyl (C=O) groups is 4. The summed E-state index contributed by atoms with van der Waals surface area (Å²) in [5, 5.41) is 26.4. The highest BCUT2D eigenvalue weighted by Gasteiger charge is 2.33. The Morgan fingerprint density at radius 3 is 1.97 bits per heavy atom. The predicted molar refractivity (Wildman–Crippen MR) is 131 cm³/mol. The van der Waals surface area contributed by atoms with Crippen LogP contribution in [0.15, 0.2) is 24.3 Å². The Bertz CT molecular complexity index is 848. The second kappa shape index (κ2) is 13.8. The third-order valence-corrected chi connectivity index (χ3v) is 5.93. The normalized spacial score (nSPS) is 15.5. The number of hydrogen-bond acceptors (Lipinski definition) is 7. The Balaban J connectivity index is 2.82. The monoisotopic (exact) mass is 496 g/mol. The van der Waals surface area contributed by atoms with Gasteiger partial charge in [0.15, 0.2) is 0 Å². The van der Waals surface area contributed by atoms with Crippen LogP contribution in [0.25, 0.3) is 0 Å². The molecule has 0 saturated carbocycles. The molecule has 0 saturated heterocycles. The van der Waals surface area contributed by atoms with Gasteiger partial charge in [0.1, 0.15) is 23.9 Å². The summed E-state index contributed by atoms with van der Waals surface area (Å²) in [7, 11) is 0. The lowest BCUT2D eigenvalue weighted by Crippen LogP contribution is -2.59. The van der Waals surface area contributed by atoms with Crippen LogP contribution in [0, 0.1) is 11.8 Å². The molecule has 0 aliphatic rings. The van der Waals surface area contributed by atoms with Crippen LogP contribution in [0.1, 0.15) is 39.7 Å². The van der Waals surface area contributed by atoms with Crippen molar-refractivity contribution in [2.24, 2.45) is 17.6 Å². The molecule has 1 aromatic carbocycles. The molecular formula is C23H36N4O6S. The number of phenolic OH excluding ortho intramolecular Hbond substituents is 1. The van der Waals surface area contributed by atoms with Crippen LogP contribution in [-0.4, -0.2) is 63.8 Å². The number of amides is 3. The van der Waals surface area contributed by atoms with Crippen LogP contribution in [-0.2, 0) is 25.6 Å². The van der Waals surface area contributed by atoms with Gasteiger partial charge in [-0.25, -0.2) is 4.79 Å². The molecule has 3 amide bonds. The number of aromatic hydroxyl groups is 1. The first-order valence-electron chi connectivity index (χ1n) is 11.2. The Hall–Kier alpha value is -2.79. The second-order valence-corrected chi connectivity index (χ2v) is 9.03. The smallest absolute Gasteiger partial charge is 0.326 e. The Morgan fingerprint density at radius 1 is 0.941 bits per heavy atom. The van der Waals surface area contributed by atoms with E-state index in [1.54, 1.807) is 32.9 Å². The minimum absolute atomic E-state index is 0.0411. The quantitative estimate of drug-likeness (QED) is 0.194. The van der Waals surface area contributed by atoms with Gasteiger partial charge in [0.05, 0.1) is 6.04 Å². The van der Waals surface area contributed by atoms with Crippen molar-refractivity contribution in [1.82, 2.24) is 16.0 Å². The zero-order valence-electron chi connectivity index (χ0n) is 19.9. The molecule has 5 unspecified atom stereocenters. The summed E-state index contributed by atoms with van der Waals surface area (Å²) in [6, 6.07) is 2.14. The molecule has 0 aromatic heterocycles. The lowest BCUT2D eigenvalue weighted by molar-refractivity contribution is -0.144. The number of carboxylic acid groups (broad SMARTS) is 1. The van der Waals surface area contributed by atoms with Crippen molar-refractivity contribution in [3.63, 3.8) is 0 Å². The summed E-state index contributed by atoms with van der Waals surface area (Å²) < 4.78 is 0. The number of carboxylic acids is 1. The molecule has 5 atom stereocenters. The number of carbonyl (C=O) groups excluding carboxylic acids is 3. The lowest BCUT2D eigenvalue weighted by atomic mass is 9.97. The summed E-state index contributed by atoms with van der Waals surface area (Å²) in [5.74, 6) is -3.58. The third kappa shape index (κ3) is 8.86. The van der Waals surface area contributed by atoms with Crippen molar-refractivity contribution in [3.8, 4) is 5.75 Å². The van der Waals surface area contributed by atoms with E-state index < -0.39 is 47.9 Å². The first-order chi connectivity index (χ1) is 15.9. The van der Waals surface area contributed by atoms with Crippen molar-refractivity contribution in [2.75, 3.05) is 5.75 Å². The molecule has 0 fully saturated rings. The second-order valence-electron chi connectivity index (χ2n) is 8.66. The summed E-state index contributed by atoms with van der Waals surface area (Å²) in [6.45, 7) is 6.97. The number of rotatable bonds is 13. The van der Waals surface area contributed by atoms with Gasteiger partial charge in [0.25, 0.3) is 0 Å². The first kappa shape index (κ1) is 29.2. The number of aliphatic carboxylic acids is 1. The highest BCUT2D eigenvalue weighted by atomic mass is 32.1. The summed E-state index contributed by atoms with van der Waals surface area (Å²) in [4.78, 5) is 49.7. The van der Waals surface area contributed by atoms with Crippen LogP contribution in [0.5, 0.6) is 5.75 Å². The van der Waals surface area contributed by atoms with E-state index in [2.05, 4.69) is 28.6 Å². The van der Waals surface area contributed by atoms with E-state index in [1.165, 1.54) is 12.1 Å². The first-order valence-corrected chi connectivity index (χ1v) is 11.8. The summed E-state index contributed by atoms with van der Waals surface area (Å²) in [5.41, 5.74) is 6.70. The Labute approximate surface area is 205 Å². The van der Waals surface area contributed by atoms with Gasteiger partial charge < -0.3 is 31.9 Å². The van der Waals surface area contributed by atoms with Gasteiger partial charge in [-0.3, -0.25) is 14.4 Å². The van der Waals surface area contributed by atoms with Crippen LogP contribution in [0.4, 0.5) is 0 Å². The van der Waals surface area contributed by atoms with Crippen molar-refractivity contribution < 1.29 is 29.4 Å². The van der Waals surface area contributed by atoms with Crippen LogP contribution >= 0.6 is 12.6 Å². The summed E-state index contributed by atoms with van der Waals surface area (Å²) in [6.07, 6.45) is 0.740. The molecule has 0 bridgehead atoms. The van der Waals surface area contributed by atoms with Gasteiger partial charge in [0, 0.05) is 5.75 Å². The number of nitrogens with one attached hydrogen (secondary N) is 3. The molecule has 11 heteroatoms. The van der Waals surface area contributed by atoms with E-state index in [4.69, 9.17) is 5.73 Å². The molecule has 0 heterocycles. The van der Waals surface area contributed by atoms with Gasteiger partial charge in [-0.2, -0.15) is 12.6 Å². The van der Waals surface area contributed by atoms with Crippen LogP contribution < -0.4 is 21.7 Å². The fourth-order valence-corrected chi connectivity index (χ4v) is 3.42. The van der Waals surface area contributed by atoms with Gasteiger partial charge in [0.2, 0.25) is 17.7 Å². The fourth-order valence-electron chi connectivity index (χ4n) is 3.17. The minimum Gasteiger partial charge on any atom is -0.508 e. The van der Waals surface area contributed by atoms with Crippen LogP contribution in [0.3, 0.4) is 0 Å². The largest absolute Gasteiger partial charge is 0.508 e. The van der Waals surface area contributed by atoms with Gasteiger partial charge in [-0.15, -0.1) is 0 Å². The maximum Gasteiger partial charge on any atom is 0.326 e. The zero-order valence-corrected chi connectivity index (χ0v) is 20.8. The lowest BCUT2D eigenvalue weighted by Gasteiger charge is -2.28.